The molecule has 0 spiro atoms. The van der Waals surface area contributed by atoms with Gasteiger partial charge in [0, 0.05) is 36.2 Å². The molecule has 1 aliphatic heterocycles. The smallest absolute Gasteiger partial charge is 0.226 e. The summed E-state index contributed by atoms with van der Waals surface area (Å²) in [6.07, 6.45) is 2.13. The maximum Gasteiger partial charge on any atom is 0.226 e. The number of nitrogens with one attached hydrogen (secondary N) is 3. The fourth-order valence-corrected chi connectivity index (χ4v) is 4.45. The van der Waals surface area contributed by atoms with E-state index in [2.05, 4.69) is 38.5 Å². The minimum Gasteiger partial charge on any atom is -0.362 e. The Morgan fingerprint density at radius 3 is 2.58 bits per heavy atom. The molecule has 4 rings (SSSR count). The van der Waals surface area contributed by atoms with Crippen molar-refractivity contribution in [2.75, 3.05) is 11.9 Å². The maximum atomic E-state index is 12.6. The van der Waals surface area contributed by atoms with Gasteiger partial charge in [-0.2, -0.15) is 0 Å². The molecule has 3 aromatic rings. The quantitative estimate of drug-likeness (QED) is 0.505. The number of pyridine rings is 1. The van der Waals surface area contributed by atoms with Crippen LogP contribution in [0.15, 0.2) is 54.7 Å². The first-order chi connectivity index (χ1) is 14.9. The normalized spacial score (nSPS) is 18.2. The number of aromatic nitrogens is 2. The third-order valence-corrected chi connectivity index (χ3v) is 5.97. The number of amides is 1. The molecule has 2 unspecified atom stereocenters. The number of nitrogens with zero attached hydrogens (tertiary/aromatic N) is 2. The Morgan fingerprint density at radius 2 is 1.94 bits per heavy atom. The fourth-order valence-electron chi connectivity index (χ4n) is 4.12. The van der Waals surface area contributed by atoms with Gasteiger partial charge in [-0.1, -0.05) is 23.8 Å². The lowest BCUT2D eigenvalue weighted by Gasteiger charge is -2.27. The second-order valence-corrected chi connectivity index (χ2v) is 8.40. The summed E-state index contributed by atoms with van der Waals surface area (Å²) in [7, 11) is 0. The lowest BCUT2D eigenvalue weighted by molar-refractivity contribution is -0.116. The molecule has 0 bridgehead atoms. The van der Waals surface area contributed by atoms with E-state index in [4.69, 9.17) is 12.2 Å². The molecule has 31 heavy (non-hydrogen) atoms. The van der Waals surface area contributed by atoms with Crippen LogP contribution in [0.3, 0.4) is 0 Å². The molecule has 1 saturated heterocycles. The summed E-state index contributed by atoms with van der Waals surface area (Å²) in [5.74, 6) is -0.0336. The van der Waals surface area contributed by atoms with Crippen molar-refractivity contribution in [2.45, 2.75) is 39.3 Å². The highest BCUT2D eigenvalue weighted by molar-refractivity contribution is 7.80. The Bertz CT molecular complexity index is 1080. The first-order valence-electron chi connectivity index (χ1n) is 10.4. The highest BCUT2D eigenvalue weighted by atomic mass is 32.1. The molecule has 7 heteroatoms. The lowest BCUT2D eigenvalue weighted by Crippen LogP contribution is -2.32. The van der Waals surface area contributed by atoms with Crippen LogP contribution in [0, 0.1) is 20.8 Å². The standard InChI is InChI=1S/C24H27N5OS/c1-15-7-9-18(10-8-15)27-21(30)11-13-29-23(19-14-16(2)26-17(19)3)22(28-24(29)31)20-6-4-5-12-25-20/h4-10,12,14,22-23,26H,11,13H2,1-3H3,(H,27,30)(H,28,31). The molecule has 6 nitrogen and oxygen atoms in total. The second kappa shape index (κ2) is 8.89. The number of benzene rings is 1. The van der Waals surface area contributed by atoms with Crippen LogP contribution in [0.2, 0.25) is 0 Å². The van der Waals surface area contributed by atoms with Crippen LogP contribution in [0.4, 0.5) is 5.69 Å². The Kier molecular flexibility index (Phi) is 6.04. The predicted molar refractivity (Wildman–Crippen MR) is 127 cm³/mol. The topological polar surface area (TPSA) is 73.1 Å². The Morgan fingerprint density at radius 1 is 1.16 bits per heavy atom. The summed E-state index contributed by atoms with van der Waals surface area (Å²) in [5.41, 5.74) is 6.26. The van der Waals surface area contributed by atoms with Crippen molar-refractivity contribution in [2.24, 2.45) is 0 Å². The highest BCUT2D eigenvalue weighted by Gasteiger charge is 2.40. The average Bonchev–Trinajstić information content (AvgIpc) is 3.26. The van der Waals surface area contributed by atoms with E-state index in [1.54, 1.807) is 6.20 Å². The molecule has 2 aromatic heterocycles. The van der Waals surface area contributed by atoms with Crippen molar-refractivity contribution in [3.8, 4) is 0 Å². The molecular formula is C24H27N5OS. The molecule has 1 aliphatic rings. The van der Waals surface area contributed by atoms with Gasteiger partial charge >= 0.3 is 0 Å². The number of rotatable bonds is 6. The van der Waals surface area contributed by atoms with E-state index in [9.17, 15) is 4.79 Å². The van der Waals surface area contributed by atoms with Crippen molar-refractivity contribution < 1.29 is 4.79 Å². The number of thiocarbonyl (C=S) groups is 1. The van der Waals surface area contributed by atoms with Gasteiger partial charge in [0.2, 0.25) is 5.91 Å². The summed E-state index contributed by atoms with van der Waals surface area (Å²) in [6, 6.07) is 15.7. The van der Waals surface area contributed by atoms with Gasteiger partial charge in [0.05, 0.1) is 17.8 Å². The van der Waals surface area contributed by atoms with Crippen LogP contribution in [0.1, 0.15) is 46.7 Å². The van der Waals surface area contributed by atoms with E-state index >= 15 is 0 Å². The average molecular weight is 434 g/mol. The summed E-state index contributed by atoms with van der Waals surface area (Å²) in [5, 5.41) is 7.05. The van der Waals surface area contributed by atoms with Crippen LogP contribution in [0.5, 0.6) is 0 Å². The van der Waals surface area contributed by atoms with E-state index in [1.165, 1.54) is 5.56 Å². The number of hydrogen-bond donors (Lipinski definition) is 3. The predicted octanol–water partition coefficient (Wildman–Crippen LogP) is 4.34. The number of carbonyl (C=O) groups is 1. The third-order valence-electron chi connectivity index (χ3n) is 5.62. The minimum atomic E-state index is -0.0808. The molecule has 3 heterocycles. The summed E-state index contributed by atoms with van der Waals surface area (Å²) >= 11 is 5.69. The lowest BCUT2D eigenvalue weighted by atomic mass is 9.96. The van der Waals surface area contributed by atoms with Crippen LogP contribution in [0.25, 0.3) is 0 Å². The van der Waals surface area contributed by atoms with E-state index in [0.717, 1.165) is 28.3 Å². The summed E-state index contributed by atoms with van der Waals surface area (Å²) in [6.45, 7) is 6.66. The second-order valence-electron chi connectivity index (χ2n) is 8.02. The number of hydrogen-bond acceptors (Lipinski definition) is 3. The Balaban J connectivity index is 1.54. The van der Waals surface area contributed by atoms with E-state index in [-0.39, 0.29) is 18.0 Å². The first kappa shape index (κ1) is 21.1. The van der Waals surface area contributed by atoms with Crippen molar-refractivity contribution in [3.63, 3.8) is 0 Å². The van der Waals surface area contributed by atoms with Crippen LogP contribution in [-0.2, 0) is 4.79 Å². The molecule has 1 aromatic carbocycles. The van der Waals surface area contributed by atoms with E-state index in [1.807, 2.05) is 56.3 Å². The van der Waals surface area contributed by atoms with Gasteiger partial charge in [-0.3, -0.25) is 9.78 Å². The van der Waals surface area contributed by atoms with Crippen LogP contribution < -0.4 is 10.6 Å². The molecule has 1 amide bonds. The fraction of sp³-hybridized carbons (Fsp3) is 0.292. The van der Waals surface area contributed by atoms with Gasteiger partial charge in [-0.05, 0) is 68.9 Å². The molecule has 0 aliphatic carbocycles. The molecule has 3 N–H and O–H groups in total. The number of H-pyrrole nitrogens is 1. The Labute approximate surface area is 188 Å². The molecule has 0 radical (unpaired) electrons. The van der Waals surface area contributed by atoms with Crippen molar-refractivity contribution in [3.05, 3.63) is 82.9 Å². The van der Waals surface area contributed by atoms with Crippen molar-refractivity contribution in [1.82, 2.24) is 20.2 Å². The molecule has 2 atom stereocenters. The van der Waals surface area contributed by atoms with Gasteiger partial charge < -0.3 is 20.5 Å². The number of carbonyl (C=O) groups excluding carboxylic acids is 1. The number of anilines is 1. The zero-order valence-corrected chi connectivity index (χ0v) is 18.8. The van der Waals surface area contributed by atoms with Crippen molar-refractivity contribution >= 4 is 28.9 Å². The first-order valence-corrected chi connectivity index (χ1v) is 10.8. The SMILES string of the molecule is Cc1ccc(NC(=O)CCN2C(=S)NC(c3ccccn3)C2c2cc(C)[nH]c2C)cc1. The Hall–Kier alpha value is -3.19. The summed E-state index contributed by atoms with van der Waals surface area (Å²) < 4.78 is 0. The van der Waals surface area contributed by atoms with E-state index < -0.39 is 0 Å². The largest absolute Gasteiger partial charge is 0.362 e. The van der Waals surface area contributed by atoms with Gasteiger partial charge in [0.1, 0.15) is 0 Å². The molecule has 0 saturated carbocycles. The van der Waals surface area contributed by atoms with E-state index in [0.29, 0.717) is 18.1 Å². The molecule has 160 valence electrons. The van der Waals surface area contributed by atoms with Gasteiger partial charge in [0.15, 0.2) is 5.11 Å². The van der Waals surface area contributed by atoms with Gasteiger partial charge in [-0.15, -0.1) is 0 Å². The number of aromatic amines is 1. The van der Waals surface area contributed by atoms with Crippen molar-refractivity contribution in [1.29, 1.82) is 0 Å². The monoisotopic (exact) mass is 433 g/mol. The zero-order chi connectivity index (χ0) is 22.0. The molecular weight excluding hydrogens is 406 g/mol. The van der Waals surface area contributed by atoms with Gasteiger partial charge in [-0.25, -0.2) is 0 Å². The summed E-state index contributed by atoms with van der Waals surface area (Å²) in [4.78, 5) is 22.7. The highest BCUT2D eigenvalue weighted by Crippen LogP contribution is 2.40. The third kappa shape index (κ3) is 4.61. The van der Waals surface area contributed by atoms with Crippen LogP contribution in [-0.4, -0.2) is 32.4 Å². The van der Waals surface area contributed by atoms with Crippen LogP contribution >= 0.6 is 12.2 Å². The van der Waals surface area contributed by atoms with Gasteiger partial charge in [0.25, 0.3) is 0 Å². The zero-order valence-electron chi connectivity index (χ0n) is 18.0. The number of aryl methyl sites for hydroxylation is 3. The minimum absolute atomic E-state index is 0.0336. The maximum absolute atomic E-state index is 12.6. The molecule has 1 fully saturated rings.